The average Bonchev–Trinajstić information content (AvgIpc) is 2.61. The van der Waals surface area contributed by atoms with Gasteiger partial charge in [0.25, 0.3) is 0 Å². The van der Waals surface area contributed by atoms with Gasteiger partial charge in [0.05, 0.1) is 0 Å². The van der Waals surface area contributed by atoms with Crippen molar-refractivity contribution in [2.24, 2.45) is 0 Å². The molecule has 0 aliphatic heterocycles. The number of hydrogen-bond donors (Lipinski definition) is 0. The van der Waals surface area contributed by atoms with Crippen molar-refractivity contribution in [3.8, 4) is 0 Å². The Morgan fingerprint density at radius 1 is 0.783 bits per heavy atom. The van der Waals surface area contributed by atoms with Gasteiger partial charge in [0.1, 0.15) is 0 Å². The van der Waals surface area contributed by atoms with Gasteiger partial charge in [0.2, 0.25) is 0 Å². The fourth-order valence-electron chi connectivity index (χ4n) is 2.66. The molecule has 3 aromatic carbocycles. The lowest BCUT2D eigenvalue weighted by Gasteiger charge is -2.10. The van der Waals surface area contributed by atoms with Gasteiger partial charge in [-0.25, -0.2) is 0 Å². The Labute approximate surface area is 145 Å². The summed E-state index contributed by atoms with van der Waals surface area (Å²) >= 11 is 3.52. The van der Waals surface area contributed by atoms with E-state index in [1.165, 1.54) is 5.56 Å². The zero-order valence-electron chi connectivity index (χ0n) is 12.7. The SMILES string of the molecule is O=C(c1ccccc1)c1ccc(Br)cc1CCc1ccccc1. The topological polar surface area (TPSA) is 17.1 Å². The fraction of sp³-hybridized carbons (Fsp3) is 0.0952. The summed E-state index contributed by atoms with van der Waals surface area (Å²) in [5.74, 6) is 0.0844. The summed E-state index contributed by atoms with van der Waals surface area (Å²) in [5, 5.41) is 0. The van der Waals surface area contributed by atoms with E-state index in [9.17, 15) is 4.79 Å². The van der Waals surface area contributed by atoms with E-state index in [0.29, 0.717) is 0 Å². The summed E-state index contributed by atoms with van der Waals surface area (Å²) in [7, 11) is 0. The van der Waals surface area contributed by atoms with Crippen molar-refractivity contribution < 1.29 is 4.79 Å². The number of benzene rings is 3. The number of halogens is 1. The van der Waals surface area contributed by atoms with Crippen LogP contribution in [0, 0.1) is 0 Å². The van der Waals surface area contributed by atoms with E-state index in [0.717, 1.165) is 34.0 Å². The summed E-state index contributed by atoms with van der Waals surface area (Å²) in [5.41, 5.74) is 3.88. The standard InChI is InChI=1S/C21H17BrO/c22-19-13-14-20(21(23)17-9-5-2-6-10-17)18(15-19)12-11-16-7-3-1-4-8-16/h1-10,13-15H,11-12H2. The van der Waals surface area contributed by atoms with Gasteiger partial charge in [-0.3, -0.25) is 4.79 Å². The molecular formula is C21H17BrO. The van der Waals surface area contributed by atoms with Gasteiger partial charge < -0.3 is 0 Å². The second-order valence-electron chi connectivity index (χ2n) is 5.48. The molecule has 3 rings (SSSR count). The molecule has 0 heterocycles. The Hall–Kier alpha value is -2.19. The van der Waals surface area contributed by atoms with Crippen LogP contribution in [-0.2, 0) is 12.8 Å². The van der Waals surface area contributed by atoms with Crippen molar-refractivity contribution in [2.75, 3.05) is 0 Å². The number of ketones is 1. The number of aryl methyl sites for hydroxylation is 2. The smallest absolute Gasteiger partial charge is 0.193 e. The number of hydrogen-bond acceptors (Lipinski definition) is 1. The minimum absolute atomic E-state index is 0.0844. The van der Waals surface area contributed by atoms with Crippen molar-refractivity contribution in [1.82, 2.24) is 0 Å². The largest absolute Gasteiger partial charge is 0.289 e. The third-order valence-corrected chi connectivity index (χ3v) is 4.37. The molecular weight excluding hydrogens is 348 g/mol. The minimum atomic E-state index is 0.0844. The molecule has 0 unspecified atom stereocenters. The lowest BCUT2D eigenvalue weighted by Crippen LogP contribution is -2.06. The summed E-state index contributed by atoms with van der Waals surface area (Å²) in [6.07, 6.45) is 1.77. The second kappa shape index (κ2) is 7.38. The summed E-state index contributed by atoms with van der Waals surface area (Å²) in [4.78, 5) is 12.8. The molecule has 3 aromatic rings. The average molecular weight is 365 g/mol. The Bertz CT molecular complexity index is 795. The van der Waals surface area contributed by atoms with Gasteiger partial charge in [-0.05, 0) is 42.2 Å². The van der Waals surface area contributed by atoms with E-state index in [-0.39, 0.29) is 5.78 Å². The van der Waals surface area contributed by atoms with Gasteiger partial charge in [-0.1, -0.05) is 76.6 Å². The Morgan fingerprint density at radius 2 is 1.43 bits per heavy atom. The predicted octanol–water partition coefficient (Wildman–Crippen LogP) is 5.47. The van der Waals surface area contributed by atoms with Crippen molar-refractivity contribution in [2.45, 2.75) is 12.8 Å². The third-order valence-electron chi connectivity index (χ3n) is 3.87. The lowest BCUT2D eigenvalue weighted by atomic mass is 9.94. The molecule has 0 bridgehead atoms. The van der Waals surface area contributed by atoms with E-state index in [4.69, 9.17) is 0 Å². The zero-order chi connectivity index (χ0) is 16.1. The van der Waals surface area contributed by atoms with Crippen LogP contribution in [0.1, 0.15) is 27.0 Å². The molecule has 1 nitrogen and oxygen atoms in total. The summed E-state index contributed by atoms with van der Waals surface area (Å²) in [6.45, 7) is 0. The normalized spacial score (nSPS) is 10.5. The number of carbonyl (C=O) groups excluding carboxylic acids is 1. The molecule has 0 fully saturated rings. The Morgan fingerprint density at radius 3 is 2.13 bits per heavy atom. The predicted molar refractivity (Wildman–Crippen MR) is 97.9 cm³/mol. The van der Waals surface area contributed by atoms with Gasteiger partial charge in [0, 0.05) is 15.6 Å². The number of carbonyl (C=O) groups is 1. The maximum atomic E-state index is 12.8. The molecule has 0 aliphatic rings. The molecule has 0 aromatic heterocycles. The molecule has 0 aliphatic carbocycles. The van der Waals surface area contributed by atoms with E-state index in [1.54, 1.807) is 0 Å². The molecule has 114 valence electrons. The fourth-order valence-corrected chi connectivity index (χ4v) is 3.07. The molecule has 0 N–H and O–H groups in total. The summed E-state index contributed by atoms with van der Waals surface area (Å²) < 4.78 is 1.00. The maximum absolute atomic E-state index is 12.8. The van der Waals surface area contributed by atoms with E-state index in [2.05, 4.69) is 34.1 Å². The van der Waals surface area contributed by atoms with E-state index >= 15 is 0 Å². The third kappa shape index (κ3) is 3.96. The van der Waals surface area contributed by atoms with Crippen LogP contribution in [0.5, 0.6) is 0 Å². The van der Waals surface area contributed by atoms with Crippen LogP contribution >= 0.6 is 15.9 Å². The highest BCUT2D eigenvalue weighted by molar-refractivity contribution is 9.10. The minimum Gasteiger partial charge on any atom is -0.289 e. The van der Waals surface area contributed by atoms with Crippen LogP contribution in [-0.4, -0.2) is 5.78 Å². The van der Waals surface area contributed by atoms with Gasteiger partial charge in [-0.2, -0.15) is 0 Å². The van der Waals surface area contributed by atoms with Crippen molar-refractivity contribution >= 4 is 21.7 Å². The lowest BCUT2D eigenvalue weighted by molar-refractivity contribution is 0.103. The van der Waals surface area contributed by atoms with Crippen LogP contribution < -0.4 is 0 Å². The Kier molecular flexibility index (Phi) is 5.04. The molecule has 0 spiro atoms. The van der Waals surface area contributed by atoms with E-state index < -0.39 is 0 Å². The van der Waals surface area contributed by atoms with Crippen LogP contribution in [0.2, 0.25) is 0 Å². The monoisotopic (exact) mass is 364 g/mol. The highest BCUT2D eigenvalue weighted by Crippen LogP contribution is 2.21. The molecule has 0 saturated carbocycles. The highest BCUT2D eigenvalue weighted by Gasteiger charge is 2.13. The van der Waals surface area contributed by atoms with Gasteiger partial charge in [0.15, 0.2) is 5.78 Å². The second-order valence-corrected chi connectivity index (χ2v) is 6.40. The van der Waals surface area contributed by atoms with E-state index in [1.807, 2.05) is 60.7 Å². The quantitative estimate of drug-likeness (QED) is 0.549. The Balaban J connectivity index is 1.87. The molecule has 0 amide bonds. The molecule has 0 saturated heterocycles. The first kappa shape index (κ1) is 15.7. The van der Waals surface area contributed by atoms with Crippen molar-refractivity contribution in [3.05, 3.63) is 106 Å². The summed E-state index contributed by atoms with van der Waals surface area (Å²) in [6, 6.07) is 25.7. The van der Waals surface area contributed by atoms with Gasteiger partial charge >= 0.3 is 0 Å². The first-order chi connectivity index (χ1) is 11.2. The number of rotatable bonds is 5. The first-order valence-electron chi connectivity index (χ1n) is 7.66. The first-order valence-corrected chi connectivity index (χ1v) is 8.45. The van der Waals surface area contributed by atoms with Crippen LogP contribution in [0.25, 0.3) is 0 Å². The molecule has 0 atom stereocenters. The van der Waals surface area contributed by atoms with Crippen molar-refractivity contribution in [1.29, 1.82) is 0 Å². The van der Waals surface area contributed by atoms with Crippen LogP contribution in [0.3, 0.4) is 0 Å². The molecule has 0 radical (unpaired) electrons. The van der Waals surface area contributed by atoms with Crippen molar-refractivity contribution in [3.63, 3.8) is 0 Å². The molecule has 23 heavy (non-hydrogen) atoms. The maximum Gasteiger partial charge on any atom is 0.193 e. The molecule has 2 heteroatoms. The highest BCUT2D eigenvalue weighted by atomic mass is 79.9. The zero-order valence-corrected chi connectivity index (χ0v) is 14.3. The van der Waals surface area contributed by atoms with Gasteiger partial charge in [-0.15, -0.1) is 0 Å². The van der Waals surface area contributed by atoms with Crippen LogP contribution in [0.4, 0.5) is 0 Å². The van der Waals surface area contributed by atoms with Crippen LogP contribution in [0.15, 0.2) is 83.3 Å².